The first kappa shape index (κ1) is 13.4. The van der Waals surface area contributed by atoms with E-state index in [0.717, 1.165) is 5.56 Å². The highest BCUT2D eigenvalue weighted by Crippen LogP contribution is 2.34. The molecule has 2 rings (SSSR count). The zero-order chi connectivity index (χ0) is 13.1. The SMILES string of the molecule is CC(=O)SCC1C(=O)OCC1c1ccc(Cl)cc1. The number of ether oxygens (including phenoxy) is 1. The predicted molar refractivity (Wildman–Crippen MR) is 71.8 cm³/mol. The van der Waals surface area contributed by atoms with Crippen LogP contribution >= 0.6 is 23.4 Å². The molecule has 0 aliphatic carbocycles. The summed E-state index contributed by atoms with van der Waals surface area (Å²) in [5.74, 6) is 0.0203. The maximum atomic E-state index is 11.7. The van der Waals surface area contributed by atoms with Gasteiger partial charge in [0, 0.05) is 23.6 Å². The quantitative estimate of drug-likeness (QED) is 0.801. The molecule has 5 heteroatoms. The van der Waals surface area contributed by atoms with Crippen molar-refractivity contribution in [3.05, 3.63) is 34.9 Å². The maximum absolute atomic E-state index is 11.7. The lowest BCUT2D eigenvalue weighted by atomic mass is 9.90. The van der Waals surface area contributed by atoms with Gasteiger partial charge in [0.2, 0.25) is 0 Å². The average Bonchev–Trinajstić information content (AvgIpc) is 2.69. The third-order valence-electron chi connectivity index (χ3n) is 2.96. The van der Waals surface area contributed by atoms with Crippen LogP contribution in [0.5, 0.6) is 0 Å². The van der Waals surface area contributed by atoms with Gasteiger partial charge in [0.05, 0.1) is 12.5 Å². The molecule has 1 aromatic carbocycles. The Balaban J connectivity index is 2.13. The molecule has 0 radical (unpaired) electrons. The number of carbonyl (C=O) groups is 2. The number of esters is 1. The van der Waals surface area contributed by atoms with E-state index in [9.17, 15) is 9.59 Å². The van der Waals surface area contributed by atoms with E-state index in [4.69, 9.17) is 16.3 Å². The summed E-state index contributed by atoms with van der Waals surface area (Å²) in [5, 5.41) is 0.684. The molecule has 0 amide bonds. The molecule has 1 aliphatic heterocycles. The van der Waals surface area contributed by atoms with E-state index in [1.54, 1.807) is 12.1 Å². The van der Waals surface area contributed by atoms with Gasteiger partial charge in [-0.25, -0.2) is 0 Å². The fourth-order valence-corrected chi connectivity index (χ4v) is 2.90. The zero-order valence-corrected chi connectivity index (χ0v) is 11.5. The second-order valence-corrected chi connectivity index (χ2v) is 5.83. The van der Waals surface area contributed by atoms with Crippen molar-refractivity contribution in [3.8, 4) is 0 Å². The molecule has 1 saturated heterocycles. The normalized spacial score (nSPS) is 22.9. The first-order chi connectivity index (χ1) is 8.58. The van der Waals surface area contributed by atoms with Gasteiger partial charge in [-0.05, 0) is 17.7 Å². The van der Waals surface area contributed by atoms with Gasteiger partial charge in [0.25, 0.3) is 0 Å². The highest BCUT2D eigenvalue weighted by atomic mass is 35.5. The van der Waals surface area contributed by atoms with Gasteiger partial charge in [-0.15, -0.1) is 0 Å². The Kier molecular flexibility index (Phi) is 4.30. The number of benzene rings is 1. The number of halogens is 1. The fourth-order valence-electron chi connectivity index (χ4n) is 1.99. The summed E-state index contributed by atoms with van der Waals surface area (Å²) in [6.45, 7) is 1.88. The van der Waals surface area contributed by atoms with Crippen LogP contribution in [0.15, 0.2) is 24.3 Å². The van der Waals surface area contributed by atoms with Crippen molar-refractivity contribution in [1.82, 2.24) is 0 Å². The molecule has 0 saturated carbocycles. The van der Waals surface area contributed by atoms with Crippen molar-refractivity contribution in [2.75, 3.05) is 12.4 Å². The molecule has 0 bridgehead atoms. The minimum Gasteiger partial charge on any atom is -0.465 e. The van der Waals surface area contributed by atoms with Crippen LogP contribution in [0.2, 0.25) is 5.02 Å². The molecule has 1 fully saturated rings. The summed E-state index contributed by atoms with van der Waals surface area (Å²) >= 11 is 7.01. The topological polar surface area (TPSA) is 43.4 Å². The summed E-state index contributed by atoms with van der Waals surface area (Å²) in [5.41, 5.74) is 1.03. The minimum absolute atomic E-state index is 0.0154. The molecule has 1 aromatic rings. The van der Waals surface area contributed by atoms with Crippen molar-refractivity contribution in [2.45, 2.75) is 12.8 Å². The van der Waals surface area contributed by atoms with Crippen LogP contribution in [0.1, 0.15) is 18.4 Å². The van der Waals surface area contributed by atoms with Gasteiger partial charge in [-0.1, -0.05) is 35.5 Å². The van der Waals surface area contributed by atoms with E-state index in [-0.39, 0.29) is 22.9 Å². The number of thioether (sulfide) groups is 1. The lowest BCUT2D eigenvalue weighted by Crippen LogP contribution is -2.17. The van der Waals surface area contributed by atoms with Crippen molar-refractivity contribution in [1.29, 1.82) is 0 Å². The molecule has 2 atom stereocenters. The summed E-state index contributed by atoms with van der Waals surface area (Å²) < 4.78 is 5.10. The second kappa shape index (κ2) is 5.76. The molecular weight excluding hydrogens is 272 g/mol. The van der Waals surface area contributed by atoms with Crippen LogP contribution in [0.3, 0.4) is 0 Å². The highest BCUT2D eigenvalue weighted by molar-refractivity contribution is 8.13. The lowest BCUT2D eigenvalue weighted by Gasteiger charge is -2.14. The Hall–Kier alpha value is -1.00. The van der Waals surface area contributed by atoms with E-state index < -0.39 is 0 Å². The number of hydrogen-bond acceptors (Lipinski definition) is 4. The summed E-state index contributed by atoms with van der Waals surface area (Å²) in [4.78, 5) is 22.7. The molecule has 96 valence electrons. The molecule has 2 unspecified atom stereocenters. The molecule has 0 aromatic heterocycles. The van der Waals surface area contributed by atoms with E-state index in [1.807, 2.05) is 12.1 Å². The van der Waals surface area contributed by atoms with Gasteiger partial charge in [-0.3, -0.25) is 9.59 Å². The third-order valence-corrected chi connectivity index (χ3v) is 4.14. The predicted octanol–water partition coefficient (Wildman–Crippen LogP) is 2.88. The first-order valence-electron chi connectivity index (χ1n) is 5.63. The van der Waals surface area contributed by atoms with Crippen LogP contribution in [0, 0.1) is 5.92 Å². The van der Waals surface area contributed by atoms with E-state index in [1.165, 1.54) is 18.7 Å². The lowest BCUT2D eigenvalue weighted by molar-refractivity contribution is -0.140. The Morgan fingerprint density at radius 1 is 1.44 bits per heavy atom. The smallest absolute Gasteiger partial charge is 0.310 e. The summed E-state index contributed by atoms with van der Waals surface area (Å²) in [6, 6.07) is 7.41. The number of hydrogen-bond donors (Lipinski definition) is 0. The van der Waals surface area contributed by atoms with Crippen molar-refractivity contribution >= 4 is 34.4 Å². The van der Waals surface area contributed by atoms with Crippen molar-refractivity contribution in [3.63, 3.8) is 0 Å². The molecule has 0 N–H and O–H groups in total. The number of carbonyl (C=O) groups excluding carboxylic acids is 2. The Bertz CT molecular complexity index is 458. The molecule has 0 spiro atoms. The third kappa shape index (κ3) is 3.06. The molecule has 3 nitrogen and oxygen atoms in total. The molecule has 1 aliphatic rings. The van der Waals surface area contributed by atoms with E-state index in [2.05, 4.69) is 0 Å². The van der Waals surface area contributed by atoms with Gasteiger partial charge in [0.15, 0.2) is 5.12 Å². The van der Waals surface area contributed by atoms with Gasteiger partial charge in [0.1, 0.15) is 0 Å². The number of cyclic esters (lactones) is 1. The Morgan fingerprint density at radius 3 is 2.72 bits per heavy atom. The number of rotatable bonds is 3. The van der Waals surface area contributed by atoms with Gasteiger partial charge >= 0.3 is 5.97 Å². The van der Waals surface area contributed by atoms with E-state index >= 15 is 0 Å². The fraction of sp³-hybridized carbons (Fsp3) is 0.385. The van der Waals surface area contributed by atoms with Crippen molar-refractivity contribution < 1.29 is 14.3 Å². The molecular formula is C13H13ClO3S. The Labute approximate surface area is 115 Å². The largest absolute Gasteiger partial charge is 0.465 e. The van der Waals surface area contributed by atoms with Crippen LogP contribution in [-0.2, 0) is 14.3 Å². The van der Waals surface area contributed by atoms with E-state index in [0.29, 0.717) is 17.4 Å². The average molecular weight is 285 g/mol. The summed E-state index contributed by atoms with van der Waals surface area (Å²) in [6.07, 6.45) is 0. The standard InChI is InChI=1S/C13H13ClO3S/c1-8(15)18-7-12-11(6-17-13(12)16)9-2-4-10(14)5-3-9/h2-5,11-12H,6-7H2,1H3. The van der Waals surface area contributed by atoms with Crippen LogP contribution < -0.4 is 0 Å². The Morgan fingerprint density at radius 2 is 2.11 bits per heavy atom. The van der Waals surface area contributed by atoms with Crippen molar-refractivity contribution in [2.24, 2.45) is 5.92 Å². The van der Waals surface area contributed by atoms with Crippen LogP contribution in [0.4, 0.5) is 0 Å². The zero-order valence-electron chi connectivity index (χ0n) is 9.89. The van der Waals surface area contributed by atoms with Gasteiger partial charge in [-0.2, -0.15) is 0 Å². The summed E-state index contributed by atoms with van der Waals surface area (Å²) in [7, 11) is 0. The molecule has 1 heterocycles. The van der Waals surface area contributed by atoms with Crippen LogP contribution in [0.25, 0.3) is 0 Å². The highest BCUT2D eigenvalue weighted by Gasteiger charge is 2.37. The monoisotopic (exact) mass is 284 g/mol. The minimum atomic E-state index is -0.250. The van der Waals surface area contributed by atoms with Gasteiger partial charge < -0.3 is 4.74 Å². The second-order valence-electron chi connectivity index (χ2n) is 4.20. The molecule has 18 heavy (non-hydrogen) atoms. The van der Waals surface area contributed by atoms with Crippen LogP contribution in [-0.4, -0.2) is 23.4 Å². The first-order valence-corrected chi connectivity index (χ1v) is 6.99. The maximum Gasteiger partial charge on any atom is 0.310 e.